The average molecular weight is 381 g/mol. The maximum atomic E-state index is 12.4. The Bertz CT molecular complexity index is 777. The Morgan fingerprint density at radius 3 is 2.43 bits per heavy atom. The Hall–Kier alpha value is -2.33. The fourth-order valence-electron chi connectivity index (χ4n) is 3.81. The van der Waals surface area contributed by atoms with Gasteiger partial charge in [-0.25, -0.2) is 0 Å². The largest absolute Gasteiger partial charge is 0.481 e. The van der Waals surface area contributed by atoms with Crippen molar-refractivity contribution in [2.45, 2.75) is 59.2 Å². The number of nitrogens with zero attached hydrogens (tertiary/aromatic N) is 1. The summed E-state index contributed by atoms with van der Waals surface area (Å²) in [6.45, 7) is 9.74. The third kappa shape index (κ3) is 6.10. The maximum absolute atomic E-state index is 12.4. The molecule has 1 fully saturated rings. The summed E-state index contributed by atoms with van der Waals surface area (Å²) in [6, 6.07) is 14.5. The molecule has 4 heteroatoms. The number of hydrogen-bond donors (Lipinski definition) is 1. The standard InChI is InChI=1S/C24H32N2O2/c1-18-12-19(2)14-23(13-18)28-20(3)24(27)25-16-21-8-7-9-22(15-21)17-26-10-5-4-6-11-26/h7-9,12-15,20H,4-6,10-11,16-17H2,1-3H3,(H,25,27)/t20-/m1/s1. The Balaban J connectivity index is 1.51. The number of aryl methyl sites for hydroxylation is 2. The third-order valence-corrected chi connectivity index (χ3v) is 5.19. The second-order valence-electron chi connectivity index (χ2n) is 7.96. The molecule has 2 aromatic rings. The molecule has 3 rings (SSSR count). The lowest BCUT2D eigenvalue weighted by Gasteiger charge is -2.26. The van der Waals surface area contributed by atoms with Crippen LogP contribution in [-0.4, -0.2) is 30.0 Å². The summed E-state index contributed by atoms with van der Waals surface area (Å²) in [6.07, 6.45) is 3.42. The number of piperidine rings is 1. The van der Waals surface area contributed by atoms with Gasteiger partial charge in [0.1, 0.15) is 5.75 Å². The van der Waals surface area contributed by atoms with Crippen LogP contribution in [0.2, 0.25) is 0 Å². The monoisotopic (exact) mass is 380 g/mol. The molecule has 1 saturated heterocycles. The van der Waals surface area contributed by atoms with Gasteiger partial charge in [0.2, 0.25) is 0 Å². The van der Waals surface area contributed by atoms with Gasteiger partial charge in [-0.3, -0.25) is 9.69 Å². The Morgan fingerprint density at radius 1 is 1.04 bits per heavy atom. The van der Waals surface area contributed by atoms with Crippen molar-refractivity contribution < 1.29 is 9.53 Å². The van der Waals surface area contributed by atoms with E-state index >= 15 is 0 Å². The van der Waals surface area contributed by atoms with Crippen LogP contribution < -0.4 is 10.1 Å². The first-order valence-corrected chi connectivity index (χ1v) is 10.3. The van der Waals surface area contributed by atoms with Crippen molar-refractivity contribution in [1.82, 2.24) is 10.2 Å². The number of hydrogen-bond acceptors (Lipinski definition) is 3. The highest BCUT2D eigenvalue weighted by molar-refractivity contribution is 5.80. The van der Waals surface area contributed by atoms with Crippen LogP contribution in [0.25, 0.3) is 0 Å². The summed E-state index contributed by atoms with van der Waals surface area (Å²) in [5.41, 5.74) is 4.70. The lowest BCUT2D eigenvalue weighted by molar-refractivity contribution is -0.127. The molecule has 1 atom stereocenters. The number of carbonyl (C=O) groups is 1. The van der Waals surface area contributed by atoms with E-state index in [0.29, 0.717) is 6.54 Å². The van der Waals surface area contributed by atoms with E-state index in [1.165, 1.54) is 37.9 Å². The van der Waals surface area contributed by atoms with Crippen molar-refractivity contribution in [3.8, 4) is 5.75 Å². The highest BCUT2D eigenvalue weighted by atomic mass is 16.5. The molecule has 150 valence electrons. The van der Waals surface area contributed by atoms with Gasteiger partial charge in [-0.1, -0.05) is 36.8 Å². The predicted molar refractivity (Wildman–Crippen MR) is 113 cm³/mol. The molecule has 0 radical (unpaired) electrons. The van der Waals surface area contributed by atoms with Gasteiger partial charge in [-0.15, -0.1) is 0 Å². The number of benzene rings is 2. The van der Waals surface area contributed by atoms with Gasteiger partial charge in [0, 0.05) is 13.1 Å². The first kappa shape index (κ1) is 20.4. The van der Waals surface area contributed by atoms with E-state index in [2.05, 4.69) is 40.5 Å². The third-order valence-electron chi connectivity index (χ3n) is 5.19. The van der Waals surface area contributed by atoms with E-state index in [9.17, 15) is 4.79 Å². The minimum atomic E-state index is -0.530. The van der Waals surface area contributed by atoms with Gasteiger partial charge in [0.15, 0.2) is 6.10 Å². The van der Waals surface area contributed by atoms with Crippen LogP contribution in [0, 0.1) is 13.8 Å². The zero-order valence-corrected chi connectivity index (χ0v) is 17.3. The summed E-state index contributed by atoms with van der Waals surface area (Å²) >= 11 is 0. The fourth-order valence-corrected chi connectivity index (χ4v) is 3.81. The van der Waals surface area contributed by atoms with Gasteiger partial charge in [0.25, 0.3) is 5.91 Å². The highest BCUT2D eigenvalue weighted by Gasteiger charge is 2.15. The number of ether oxygens (including phenoxy) is 1. The molecular weight excluding hydrogens is 348 g/mol. The Kier molecular flexibility index (Phi) is 7.10. The number of nitrogens with one attached hydrogen (secondary N) is 1. The predicted octanol–water partition coefficient (Wildman–Crippen LogP) is 4.37. The van der Waals surface area contributed by atoms with Gasteiger partial charge in [-0.2, -0.15) is 0 Å². The van der Waals surface area contributed by atoms with E-state index in [-0.39, 0.29) is 5.91 Å². The Labute approximate surface area is 168 Å². The van der Waals surface area contributed by atoms with Crippen molar-refractivity contribution in [3.63, 3.8) is 0 Å². The molecule has 0 aromatic heterocycles. The zero-order valence-electron chi connectivity index (χ0n) is 17.3. The number of likely N-dealkylation sites (tertiary alicyclic amines) is 1. The SMILES string of the molecule is Cc1cc(C)cc(O[C@H](C)C(=O)NCc2cccc(CN3CCCCC3)c2)c1. The van der Waals surface area contributed by atoms with E-state index in [0.717, 1.165) is 29.0 Å². The van der Waals surface area contributed by atoms with Crippen LogP contribution >= 0.6 is 0 Å². The highest BCUT2D eigenvalue weighted by Crippen LogP contribution is 2.18. The first-order chi connectivity index (χ1) is 13.5. The van der Waals surface area contributed by atoms with Crippen LogP contribution in [0.5, 0.6) is 5.75 Å². The lowest BCUT2D eigenvalue weighted by Crippen LogP contribution is -2.36. The van der Waals surface area contributed by atoms with Crippen molar-refractivity contribution in [3.05, 3.63) is 64.7 Å². The number of rotatable bonds is 7. The lowest BCUT2D eigenvalue weighted by atomic mass is 10.1. The summed E-state index contributed by atoms with van der Waals surface area (Å²) in [7, 11) is 0. The quantitative estimate of drug-likeness (QED) is 0.775. The summed E-state index contributed by atoms with van der Waals surface area (Å²) < 4.78 is 5.83. The van der Waals surface area contributed by atoms with E-state index in [1.807, 2.05) is 26.0 Å². The molecule has 0 spiro atoms. The number of carbonyl (C=O) groups excluding carboxylic acids is 1. The van der Waals surface area contributed by atoms with Crippen molar-refractivity contribution >= 4 is 5.91 Å². The van der Waals surface area contributed by atoms with Crippen molar-refractivity contribution in [2.75, 3.05) is 13.1 Å². The minimum absolute atomic E-state index is 0.0967. The second-order valence-corrected chi connectivity index (χ2v) is 7.96. The first-order valence-electron chi connectivity index (χ1n) is 10.3. The molecule has 28 heavy (non-hydrogen) atoms. The maximum Gasteiger partial charge on any atom is 0.261 e. The molecule has 4 nitrogen and oxygen atoms in total. The van der Waals surface area contributed by atoms with Gasteiger partial charge in [-0.05, 0) is 81.1 Å². The van der Waals surface area contributed by atoms with Crippen molar-refractivity contribution in [2.24, 2.45) is 0 Å². The molecule has 2 aromatic carbocycles. The van der Waals surface area contributed by atoms with Crippen LogP contribution in [0.1, 0.15) is 48.4 Å². The molecule has 1 amide bonds. The van der Waals surface area contributed by atoms with Crippen LogP contribution in [0.4, 0.5) is 0 Å². The average Bonchev–Trinajstić information content (AvgIpc) is 2.66. The minimum Gasteiger partial charge on any atom is -0.481 e. The molecule has 1 aliphatic heterocycles. The molecule has 0 saturated carbocycles. The number of amides is 1. The topological polar surface area (TPSA) is 41.6 Å². The van der Waals surface area contributed by atoms with Gasteiger partial charge < -0.3 is 10.1 Å². The smallest absolute Gasteiger partial charge is 0.261 e. The van der Waals surface area contributed by atoms with Crippen LogP contribution in [0.3, 0.4) is 0 Å². The van der Waals surface area contributed by atoms with Crippen molar-refractivity contribution in [1.29, 1.82) is 0 Å². The van der Waals surface area contributed by atoms with Gasteiger partial charge in [0.05, 0.1) is 0 Å². The normalized spacial score (nSPS) is 15.8. The summed E-state index contributed by atoms with van der Waals surface area (Å²) in [5.74, 6) is 0.643. The van der Waals surface area contributed by atoms with Crippen LogP contribution in [-0.2, 0) is 17.9 Å². The molecule has 1 heterocycles. The Morgan fingerprint density at radius 2 is 1.71 bits per heavy atom. The second kappa shape index (κ2) is 9.74. The molecule has 0 aliphatic carbocycles. The van der Waals surface area contributed by atoms with Crippen LogP contribution in [0.15, 0.2) is 42.5 Å². The molecule has 0 bridgehead atoms. The van der Waals surface area contributed by atoms with E-state index < -0.39 is 6.10 Å². The fraction of sp³-hybridized carbons (Fsp3) is 0.458. The summed E-state index contributed by atoms with van der Waals surface area (Å²) in [5, 5.41) is 3.00. The zero-order chi connectivity index (χ0) is 19.9. The van der Waals surface area contributed by atoms with E-state index in [4.69, 9.17) is 4.74 Å². The molecule has 0 unspecified atom stereocenters. The molecule has 1 N–H and O–H groups in total. The molecule has 1 aliphatic rings. The summed E-state index contributed by atoms with van der Waals surface area (Å²) in [4.78, 5) is 15.0. The van der Waals surface area contributed by atoms with E-state index in [1.54, 1.807) is 6.92 Å². The van der Waals surface area contributed by atoms with Gasteiger partial charge >= 0.3 is 0 Å². The molecular formula is C24H32N2O2.